The molecule has 0 atom stereocenters. The monoisotopic (exact) mass is 220 g/mol. The van der Waals surface area contributed by atoms with Crippen LogP contribution in [0.2, 0.25) is 0 Å². The highest BCUT2D eigenvalue weighted by Crippen LogP contribution is 2.00. The van der Waals surface area contributed by atoms with Gasteiger partial charge in [0.15, 0.2) is 0 Å². The molecule has 12 heavy (non-hydrogen) atoms. The van der Waals surface area contributed by atoms with Gasteiger partial charge in [-0.15, -0.1) is 0 Å². The van der Waals surface area contributed by atoms with Crippen LogP contribution in [0, 0.1) is 0 Å². The smallest absolute Gasteiger partial charge is 0.324 e. The largest absolute Gasteiger partial charge is 0.468 e. The first-order valence-electron chi connectivity index (χ1n) is 2.26. The van der Waals surface area contributed by atoms with E-state index in [0.29, 0.717) is 6.92 Å². The quantitative estimate of drug-likeness (QED) is 0.576. The molecule has 0 saturated carbocycles. The third-order valence-electron chi connectivity index (χ3n) is 0.389. The van der Waals surface area contributed by atoms with E-state index in [1.54, 1.807) is 0 Å². The molecule has 0 bridgehead atoms. The lowest BCUT2D eigenvalue weighted by Crippen LogP contribution is -2.17. The molecule has 0 radical (unpaired) electrons. The van der Waals surface area contributed by atoms with Crippen molar-refractivity contribution in [2.45, 2.75) is 6.92 Å². The Bertz CT molecular complexity index is 358. The molecule has 10 heteroatoms. The summed E-state index contributed by atoms with van der Waals surface area (Å²) in [5.74, 6) is -1.29. The van der Waals surface area contributed by atoms with Gasteiger partial charge in [0.1, 0.15) is 0 Å². The van der Waals surface area contributed by atoms with E-state index in [9.17, 15) is 21.6 Å². The summed E-state index contributed by atoms with van der Waals surface area (Å²) in [6, 6.07) is 0. The van der Waals surface area contributed by atoms with Gasteiger partial charge in [-0.3, -0.25) is 9.35 Å². The van der Waals surface area contributed by atoms with Crippen LogP contribution in [0.3, 0.4) is 0 Å². The molecule has 0 heterocycles. The van der Waals surface area contributed by atoms with Gasteiger partial charge < -0.3 is 4.18 Å². The molecule has 0 aliphatic heterocycles. The second-order valence-electron chi connectivity index (χ2n) is 1.48. The minimum atomic E-state index is -5.19. The molecule has 0 spiro atoms. The normalized spacial score (nSPS) is 12.5. The zero-order valence-electron chi connectivity index (χ0n) is 5.62. The van der Waals surface area contributed by atoms with Crippen LogP contribution >= 0.6 is 0 Å². The second-order valence-corrected chi connectivity index (χ2v) is 3.86. The molecule has 0 aromatic rings. The van der Waals surface area contributed by atoms with Crippen LogP contribution in [-0.4, -0.2) is 27.4 Å². The second kappa shape index (κ2) is 3.35. The van der Waals surface area contributed by atoms with E-state index in [1.807, 2.05) is 0 Å². The molecule has 0 unspecified atom stereocenters. The topological polar surface area (TPSA) is 124 Å². The highest BCUT2D eigenvalue weighted by Gasteiger charge is 2.23. The standard InChI is InChI=1S/C2H4O8S2/c1-2(3)9-12(7,8)10-11(4,5)6/h1H3,(H,4,5,6). The van der Waals surface area contributed by atoms with E-state index in [4.69, 9.17) is 4.55 Å². The van der Waals surface area contributed by atoms with Crippen LogP contribution in [-0.2, 0) is 33.4 Å². The van der Waals surface area contributed by atoms with Gasteiger partial charge in [-0.25, -0.2) is 0 Å². The van der Waals surface area contributed by atoms with Crippen molar-refractivity contribution < 1.29 is 34.0 Å². The first kappa shape index (κ1) is 11.3. The van der Waals surface area contributed by atoms with Crippen LogP contribution in [0.25, 0.3) is 0 Å². The molecule has 0 fully saturated rings. The molecule has 0 aromatic carbocycles. The predicted molar refractivity (Wildman–Crippen MR) is 33.3 cm³/mol. The Hall–Kier alpha value is -0.710. The first-order valence-corrected chi connectivity index (χ1v) is 4.96. The van der Waals surface area contributed by atoms with Gasteiger partial charge in [0.05, 0.1) is 0 Å². The fourth-order valence-corrected chi connectivity index (χ4v) is 1.50. The summed E-state index contributed by atoms with van der Waals surface area (Å²) in [6.45, 7) is 0.713. The molecule has 0 amide bonds. The number of carbonyl (C=O) groups excluding carboxylic acids is 1. The molecule has 8 nitrogen and oxygen atoms in total. The number of hydrogen-bond donors (Lipinski definition) is 1. The molecular weight excluding hydrogens is 216 g/mol. The highest BCUT2D eigenvalue weighted by molar-refractivity contribution is 7.95. The maximum atomic E-state index is 10.3. The average molecular weight is 220 g/mol. The molecule has 0 aliphatic carbocycles. The van der Waals surface area contributed by atoms with E-state index < -0.39 is 26.8 Å². The summed E-state index contributed by atoms with van der Waals surface area (Å²) in [4.78, 5) is 9.99. The van der Waals surface area contributed by atoms with Crippen molar-refractivity contribution in [1.82, 2.24) is 0 Å². The van der Waals surface area contributed by atoms with Crippen molar-refractivity contribution in [3.63, 3.8) is 0 Å². The van der Waals surface area contributed by atoms with Gasteiger partial charge in [0, 0.05) is 6.92 Å². The molecule has 0 aliphatic rings. The maximum absolute atomic E-state index is 10.3. The molecular formula is C2H4O8S2. The predicted octanol–water partition coefficient (Wildman–Crippen LogP) is -1.39. The van der Waals surface area contributed by atoms with Gasteiger partial charge in [-0.1, -0.05) is 3.63 Å². The average Bonchev–Trinajstić information content (AvgIpc) is 1.48. The number of rotatable bonds is 3. The lowest BCUT2D eigenvalue weighted by atomic mass is 10.9. The Morgan fingerprint density at radius 1 is 1.25 bits per heavy atom. The number of hydrogen-bond acceptors (Lipinski definition) is 7. The van der Waals surface area contributed by atoms with E-state index in [-0.39, 0.29) is 0 Å². The zero-order chi connectivity index (χ0) is 9.99. The summed E-state index contributed by atoms with van der Waals surface area (Å²) in [6.07, 6.45) is 0. The van der Waals surface area contributed by atoms with Crippen LogP contribution in [0.5, 0.6) is 0 Å². The maximum Gasteiger partial charge on any atom is 0.468 e. The Morgan fingerprint density at radius 2 is 1.67 bits per heavy atom. The fraction of sp³-hybridized carbons (Fsp3) is 0.500. The van der Waals surface area contributed by atoms with Crippen LogP contribution in [0.4, 0.5) is 0 Å². The van der Waals surface area contributed by atoms with Gasteiger partial charge in [0.2, 0.25) is 0 Å². The van der Waals surface area contributed by atoms with E-state index in [1.165, 1.54) is 0 Å². The Balaban J connectivity index is 4.58. The van der Waals surface area contributed by atoms with Crippen molar-refractivity contribution >= 4 is 26.8 Å². The highest BCUT2D eigenvalue weighted by atomic mass is 32.3. The summed E-state index contributed by atoms with van der Waals surface area (Å²) >= 11 is 0. The molecule has 1 N–H and O–H groups in total. The molecule has 0 rings (SSSR count). The minimum Gasteiger partial charge on any atom is -0.324 e. The van der Waals surface area contributed by atoms with Crippen LogP contribution in [0.1, 0.15) is 6.92 Å². The van der Waals surface area contributed by atoms with Gasteiger partial charge in [0.25, 0.3) is 0 Å². The zero-order valence-corrected chi connectivity index (χ0v) is 7.25. The van der Waals surface area contributed by atoms with E-state index >= 15 is 0 Å². The van der Waals surface area contributed by atoms with Crippen molar-refractivity contribution in [2.24, 2.45) is 0 Å². The lowest BCUT2D eigenvalue weighted by Gasteiger charge is -1.98. The third-order valence-corrected chi connectivity index (χ3v) is 2.18. The van der Waals surface area contributed by atoms with Gasteiger partial charge in [-0.05, 0) is 0 Å². The van der Waals surface area contributed by atoms with Crippen molar-refractivity contribution in [1.29, 1.82) is 0 Å². The fourth-order valence-electron chi connectivity index (χ4n) is 0.263. The Labute approximate surface area is 68.4 Å². The summed E-state index contributed by atoms with van der Waals surface area (Å²) < 4.78 is 54.3. The Kier molecular flexibility index (Phi) is 3.15. The SMILES string of the molecule is CC(=O)OS(=O)(=O)OS(=O)(=O)O. The van der Waals surface area contributed by atoms with E-state index in [0.717, 1.165) is 0 Å². The van der Waals surface area contributed by atoms with Gasteiger partial charge in [-0.2, -0.15) is 16.8 Å². The molecule has 0 aromatic heterocycles. The minimum absolute atomic E-state index is 0.713. The lowest BCUT2D eigenvalue weighted by molar-refractivity contribution is -0.131. The Morgan fingerprint density at radius 3 is 1.92 bits per heavy atom. The van der Waals surface area contributed by atoms with Crippen molar-refractivity contribution in [2.75, 3.05) is 0 Å². The summed E-state index contributed by atoms with van der Waals surface area (Å²) in [5, 5.41) is 0. The van der Waals surface area contributed by atoms with Gasteiger partial charge >= 0.3 is 26.8 Å². The first-order chi connectivity index (χ1) is 5.12. The van der Waals surface area contributed by atoms with Crippen LogP contribution < -0.4 is 0 Å². The molecule has 0 saturated heterocycles. The molecule has 72 valence electrons. The van der Waals surface area contributed by atoms with Crippen molar-refractivity contribution in [3.05, 3.63) is 0 Å². The summed E-state index contributed by atoms with van der Waals surface area (Å²) in [5.41, 5.74) is 0. The van der Waals surface area contributed by atoms with Crippen molar-refractivity contribution in [3.8, 4) is 0 Å². The summed E-state index contributed by atoms with van der Waals surface area (Å²) in [7, 11) is -10.2. The van der Waals surface area contributed by atoms with E-state index in [2.05, 4.69) is 7.81 Å². The third kappa shape index (κ3) is 6.03. The van der Waals surface area contributed by atoms with Crippen LogP contribution in [0.15, 0.2) is 0 Å². The number of carbonyl (C=O) groups is 1.